The summed E-state index contributed by atoms with van der Waals surface area (Å²) in [4.78, 5) is 23.9. The Hall–Kier alpha value is -1.92. The van der Waals surface area contributed by atoms with Gasteiger partial charge < -0.3 is 20.1 Å². The summed E-state index contributed by atoms with van der Waals surface area (Å²) in [5.74, 6) is -0.498. The number of nitrogens with one attached hydrogen (secondary N) is 2. The average molecular weight is 308 g/mol. The molecule has 0 radical (unpaired) electrons. The summed E-state index contributed by atoms with van der Waals surface area (Å²) in [5.41, 5.74) is 0.915. The van der Waals surface area contributed by atoms with Crippen molar-refractivity contribution in [3.8, 4) is 0 Å². The molecule has 0 spiro atoms. The highest BCUT2D eigenvalue weighted by atomic mass is 16.5. The fraction of sp³-hybridized carbons (Fsp3) is 0.500. The van der Waals surface area contributed by atoms with Crippen molar-refractivity contribution in [2.24, 2.45) is 0 Å². The summed E-state index contributed by atoms with van der Waals surface area (Å²) in [6.07, 6.45) is 0.748. The molecule has 0 aliphatic rings. The Kier molecular flexibility index (Phi) is 8.86. The SMILES string of the molecule is CCOCCCNC(=O)c1ccccc1NC(=O)COCC. The van der Waals surface area contributed by atoms with Crippen LogP contribution in [0.25, 0.3) is 0 Å². The molecular weight excluding hydrogens is 284 g/mol. The van der Waals surface area contributed by atoms with E-state index in [4.69, 9.17) is 9.47 Å². The third kappa shape index (κ3) is 6.69. The highest BCUT2D eigenvalue weighted by Crippen LogP contribution is 2.14. The number of amides is 2. The van der Waals surface area contributed by atoms with Gasteiger partial charge >= 0.3 is 0 Å². The van der Waals surface area contributed by atoms with Crippen LogP contribution in [-0.4, -0.2) is 44.8 Å². The van der Waals surface area contributed by atoms with E-state index in [1.165, 1.54) is 0 Å². The standard InChI is InChI=1S/C16H24N2O4/c1-3-21-11-7-10-17-16(20)13-8-5-6-9-14(13)18-15(19)12-22-4-2/h5-6,8-9H,3-4,7,10-12H2,1-2H3,(H,17,20)(H,18,19). The quantitative estimate of drug-likeness (QED) is 0.646. The van der Waals surface area contributed by atoms with Gasteiger partial charge in [-0.25, -0.2) is 0 Å². The molecule has 0 unspecified atom stereocenters. The van der Waals surface area contributed by atoms with E-state index < -0.39 is 0 Å². The van der Waals surface area contributed by atoms with Gasteiger partial charge in [-0.3, -0.25) is 9.59 Å². The second-order valence-corrected chi connectivity index (χ2v) is 4.54. The zero-order valence-corrected chi connectivity index (χ0v) is 13.2. The van der Waals surface area contributed by atoms with Gasteiger partial charge in [0.25, 0.3) is 5.91 Å². The largest absolute Gasteiger partial charge is 0.382 e. The molecule has 0 atom stereocenters. The van der Waals surface area contributed by atoms with Crippen molar-refractivity contribution in [2.75, 3.05) is 38.3 Å². The molecule has 0 saturated carbocycles. The van der Waals surface area contributed by atoms with Crippen LogP contribution in [0.15, 0.2) is 24.3 Å². The molecule has 122 valence electrons. The number of carbonyl (C=O) groups excluding carboxylic acids is 2. The lowest BCUT2D eigenvalue weighted by Crippen LogP contribution is -2.27. The van der Waals surface area contributed by atoms with E-state index in [-0.39, 0.29) is 18.4 Å². The molecule has 0 fully saturated rings. The topological polar surface area (TPSA) is 76.7 Å². The van der Waals surface area contributed by atoms with Gasteiger partial charge in [-0.1, -0.05) is 12.1 Å². The maximum Gasteiger partial charge on any atom is 0.253 e. The van der Waals surface area contributed by atoms with Crippen LogP contribution < -0.4 is 10.6 Å². The van der Waals surface area contributed by atoms with Crippen LogP contribution in [0.2, 0.25) is 0 Å². The predicted octanol–water partition coefficient (Wildman–Crippen LogP) is 1.82. The van der Waals surface area contributed by atoms with Gasteiger partial charge in [0.2, 0.25) is 5.91 Å². The molecule has 22 heavy (non-hydrogen) atoms. The number of para-hydroxylation sites is 1. The van der Waals surface area contributed by atoms with Crippen LogP contribution in [-0.2, 0) is 14.3 Å². The lowest BCUT2D eigenvalue weighted by atomic mass is 10.1. The van der Waals surface area contributed by atoms with E-state index in [0.717, 1.165) is 6.42 Å². The van der Waals surface area contributed by atoms with Gasteiger partial charge in [0.05, 0.1) is 11.3 Å². The van der Waals surface area contributed by atoms with E-state index in [9.17, 15) is 9.59 Å². The molecular formula is C16H24N2O4. The Morgan fingerprint density at radius 2 is 1.82 bits per heavy atom. The third-order valence-electron chi connectivity index (χ3n) is 2.84. The van der Waals surface area contributed by atoms with E-state index in [2.05, 4.69) is 10.6 Å². The minimum atomic E-state index is -0.279. The molecule has 6 nitrogen and oxygen atoms in total. The first kappa shape index (κ1) is 18.1. The van der Waals surface area contributed by atoms with Crippen LogP contribution in [0, 0.1) is 0 Å². The molecule has 0 aromatic heterocycles. The minimum absolute atomic E-state index is 0.0270. The van der Waals surface area contributed by atoms with Gasteiger partial charge in [-0.2, -0.15) is 0 Å². The summed E-state index contributed by atoms with van der Waals surface area (Å²) in [6.45, 7) is 6.00. The summed E-state index contributed by atoms with van der Waals surface area (Å²) >= 11 is 0. The van der Waals surface area contributed by atoms with E-state index in [1.807, 2.05) is 13.8 Å². The van der Waals surface area contributed by atoms with Crippen LogP contribution in [0.1, 0.15) is 30.6 Å². The molecule has 1 rings (SSSR count). The Morgan fingerprint density at radius 3 is 2.55 bits per heavy atom. The molecule has 2 amide bonds. The number of carbonyl (C=O) groups is 2. The summed E-state index contributed by atoms with van der Waals surface area (Å²) < 4.78 is 10.3. The van der Waals surface area contributed by atoms with Gasteiger partial charge in [0.1, 0.15) is 6.61 Å². The molecule has 0 bridgehead atoms. The number of ether oxygens (including phenoxy) is 2. The van der Waals surface area contributed by atoms with E-state index >= 15 is 0 Å². The number of benzene rings is 1. The van der Waals surface area contributed by atoms with Crippen molar-refractivity contribution in [3.63, 3.8) is 0 Å². The van der Waals surface area contributed by atoms with Crippen LogP contribution in [0.3, 0.4) is 0 Å². The second-order valence-electron chi connectivity index (χ2n) is 4.54. The fourth-order valence-corrected chi connectivity index (χ4v) is 1.79. The molecule has 0 saturated heterocycles. The molecule has 2 N–H and O–H groups in total. The number of anilines is 1. The van der Waals surface area contributed by atoms with Crippen LogP contribution >= 0.6 is 0 Å². The molecule has 1 aromatic rings. The first-order chi connectivity index (χ1) is 10.7. The predicted molar refractivity (Wildman–Crippen MR) is 85.0 cm³/mol. The lowest BCUT2D eigenvalue weighted by Gasteiger charge is -2.11. The maximum absolute atomic E-state index is 12.2. The first-order valence-corrected chi connectivity index (χ1v) is 7.51. The zero-order valence-electron chi connectivity index (χ0n) is 13.2. The normalized spacial score (nSPS) is 10.3. The summed E-state index contributed by atoms with van der Waals surface area (Å²) in [6, 6.07) is 6.89. The Morgan fingerprint density at radius 1 is 1.09 bits per heavy atom. The van der Waals surface area contributed by atoms with Crippen molar-refractivity contribution >= 4 is 17.5 Å². The smallest absolute Gasteiger partial charge is 0.253 e. The Balaban J connectivity index is 2.54. The van der Waals surface area contributed by atoms with Gasteiger partial charge in [0.15, 0.2) is 0 Å². The first-order valence-electron chi connectivity index (χ1n) is 7.51. The highest BCUT2D eigenvalue weighted by Gasteiger charge is 2.12. The van der Waals surface area contributed by atoms with Crippen molar-refractivity contribution < 1.29 is 19.1 Å². The van der Waals surface area contributed by atoms with Crippen molar-refractivity contribution in [1.82, 2.24) is 5.32 Å². The second kappa shape index (κ2) is 10.8. The molecule has 0 aliphatic carbocycles. The van der Waals surface area contributed by atoms with Gasteiger partial charge in [-0.15, -0.1) is 0 Å². The molecule has 0 aliphatic heterocycles. The Bertz CT molecular complexity index is 477. The van der Waals surface area contributed by atoms with Crippen molar-refractivity contribution in [2.45, 2.75) is 20.3 Å². The van der Waals surface area contributed by atoms with Crippen molar-refractivity contribution in [3.05, 3.63) is 29.8 Å². The molecule has 6 heteroatoms. The third-order valence-corrected chi connectivity index (χ3v) is 2.84. The van der Waals surface area contributed by atoms with E-state index in [1.54, 1.807) is 24.3 Å². The lowest BCUT2D eigenvalue weighted by molar-refractivity contribution is -0.120. The van der Waals surface area contributed by atoms with Gasteiger partial charge in [-0.05, 0) is 32.4 Å². The van der Waals surface area contributed by atoms with E-state index in [0.29, 0.717) is 37.6 Å². The molecule has 0 heterocycles. The summed E-state index contributed by atoms with van der Waals surface area (Å²) in [7, 11) is 0. The highest BCUT2D eigenvalue weighted by molar-refractivity contribution is 6.03. The summed E-state index contributed by atoms with van der Waals surface area (Å²) in [5, 5.41) is 5.50. The Labute approximate surface area is 131 Å². The molecule has 1 aromatic carbocycles. The number of hydrogen-bond donors (Lipinski definition) is 2. The van der Waals surface area contributed by atoms with Crippen LogP contribution in [0.5, 0.6) is 0 Å². The van der Waals surface area contributed by atoms with Crippen LogP contribution in [0.4, 0.5) is 5.69 Å². The fourth-order valence-electron chi connectivity index (χ4n) is 1.79. The minimum Gasteiger partial charge on any atom is -0.382 e. The van der Waals surface area contributed by atoms with Crippen molar-refractivity contribution in [1.29, 1.82) is 0 Å². The average Bonchev–Trinajstić information content (AvgIpc) is 2.53. The van der Waals surface area contributed by atoms with Gasteiger partial charge in [0, 0.05) is 26.4 Å². The maximum atomic E-state index is 12.2. The number of hydrogen-bond acceptors (Lipinski definition) is 4. The zero-order chi connectivity index (χ0) is 16.2. The monoisotopic (exact) mass is 308 g/mol. The number of rotatable bonds is 10.